The van der Waals surface area contributed by atoms with Crippen LogP contribution in [0.4, 0.5) is 10.1 Å². The molecule has 1 saturated heterocycles. The molecule has 0 spiro atoms. The number of nitrogens with zero attached hydrogens (tertiary/aromatic N) is 1. The minimum absolute atomic E-state index is 0.116. The SMILES string of the molecule is O=C1CCN1c1ccc(-c2ccc(-c3cccc(O)c3)cc2)c(CC[C@H](O)c2ccc(F)cc2)c1. The van der Waals surface area contributed by atoms with Gasteiger partial charge < -0.3 is 15.1 Å². The van der Waals surface area contributed by atoms with Crippen molar-refractivity contribution in [1.82, 2.24) is 0 Å². The smallest absolute Gasteiger partial charge is 0.228 e. The Morgan fingerprint density at radius 2 is 1.60 bits per heavy atom. The average Bonchev–Trinajstić information content (AvgIpc) is 2.87. The first-order valence-electron chi connectivity index (χ1n) is 11.7. The number of rotatable bonds is 7. The molecule has 1 fully saturated rings. The Morgan fingerprint density at radius 3 is 2.26 bits per heavy atom. The fourth-order valence-corrected chi connectivity index (χ4v) is 4.50. The Balaban J connectivity index is 1.43. The van der Waals surface area contributed by atoms with Gasteiger partial charge in [0.15, 0.2) is 0 Å². The monoisotopic (exact) mass is 467 g/mol. The fraction of sp³-hybridized carbons (Fsp3) is 0.167. The molecule has 2 N–H and O–H groups in total. The van der Waals surface area contributed by atoms with Crippen LogP contribution in [0.2, 0.25) is 0 Å². The first-order valence-corrected chi connectivity index (χ1v) is 11.7. The summed E-state index contributed by atoms with van der Waals surface area (Å²) in [5, 5.41) is 20.5. The van der Waals surface area contributed by atoms with Crippen molar-refractivity contribution < 1.29 is 19.4 Å². The van der Waals surface area contributed by atoms with Crippen LogP contribution < -0.4 is 4.90 Å². The average molecular weight is 468 g/mol. The predicted molar refractivity (Wildman–Crippen MR) is 136 cm³/mol. The Bertz CT molecular complexity index is 1350. The molecular weight excluding hydrogens is 441 g/mol. The number of amides is 1. The van der Waals surface area contributed by atoms with Crippen LogP contribution in [0, 0.1) is 5.82 Å². The van der Waals surface area contributed by atoms with E-state index < -0.39 is 6.10 Å². The van der Waals surface area contributed by atoms with Gasteiger partial charge in [-0.3, -0.25) is 4.79 Å². The van der Waals surface area contributed by atoms with Crippen molar-refractivity contribution in [3.63, 3.8) is 0 Å². The number of carbonyl (C=O) groups is 1. The number of aryl methyl sites for hydroxylation is 1. The van der Waals surface area contributed by atoms with Crippen molar-refractivity contribution in [2.75, 3.05) is 11.4 Å². The molecule has 1 aliphatic heterocycles. The number of aromatic hydroxyl groups is 1. The largest absolute Gasteiger partial charge is 0.508 e. The highest BCUT2D eigenvalue weighted by Gasteiger charge is 2.26. The quantitative estimate of drug-likeness (QED) is 0.315. The van der Waals surface area contributed by atoms with E-state index in [1.807, 2.05) is 54.6 Å². The van der Waals surface area contributed by atoms with E-state index in [4.69, 9.17) is 0 Å². The summed E-state index contributed by atoms with van der Waals surface area (Å²) in [7, 11) is 0. The summed E-state index contributed by atoms with van der Waals surface area (Å²) < 4.78 is 13.3. The standard InChI is InChI=1S/C30H26FNO3/c31-25-11-8-22(9-12-25)29(34)15-10-24-18-26(32-17-16-30(32)35)13-14-28(24)21-6-4-20(5-7-21)23-2-1-3-27(33)19-23/h1-9,11-14,18-19,29,33-34H,10,15-17H2/t29-/m0/s1. The molecule has 0 bridgehead atoms. The molecule has 0 unspecified atom stereocenters. The van der Waals surface area contributed by atoms with Gasteiger partial charge in [0.1, 0.15) is 11.6 Å². The zero-order valence-electron chi connectivity index (χ0n) is 19.2. The fourth-order valence-electron chi connectivity index (χ4n) is 4.50. The first kappa shape index (κ1) is 22.8. The van der Waals surface area contributed by atoms with Gasteiger partial charge in [0.05, 0.1) is 6.10 Å². The van der Waals surface area contributed by atoms with E-state index in [1.54, 1.807) is 29.2 Å². The normalized spacial score (nSPS) is 14.0. The molecule has 4 aromatic carbocycles. The molecule has 0 saturated carbocycles. The number of aliphatic hydroxyl groups excluding tert-OH is 1. The van der Waals surface area contributed by atoms with Gasteiger partial charge in [-0.15, -0.1) is 0 Å². The van der Waals surface area contributed by atoms with E-state index in [-0.39, 0.29) is 17.5 Å². The number of anilines is 1. The van der Waals surface area contributed by atoms with Crippen molar-refractivity contribution >= 4 is 11.6 Å². The summed E-state index contributed by atoms with van der Waals surface area (Å²) in [6, 6.07) is 27.2. The van der Waals surface area contributed by atoms with Crippen LogP contribution in [-0.4, -0.2) is 22.7 Å². The lowest BCUT2D eigenvalue weighted by molar-refractivity contribution is -0.122. The second-order valence-electron chi connectivity index (χ2n) is 8.87. The van der Waals surface area contributed by atoms with Crippen LogP contribution in [0.3, 0.4) is 0 Å². The van der Waals surface area contributed by atoms with Crippen LogP contribution in [0.25, 0.3) is 22.3 Å². The molecule has 0 aromatic heterocycles. The van der Waals surface area contributed by atoms with Crippen LogP contribution in [0.5, 0.6) is 5.75 Å². The molecule has 0 radical (unpaired) electrons. The van der Waals surface area contributed by atoms with Crippen LogP contribution in [0.1, 0.15) is 30.1 Å². The number of carbonyl (C=O) groups excluding carboxylic acids is 1. The summed E-state index contributed by atoms with van der Waals surface area (Å²) in [6.45, 7) is 0.717. The maximum Gasteiger partial charge on any atom is 0.228 e. The van der Waals surface area contributed by atoms with Crippen molar-refractivity contribution in [2.24, 2.45) is 0 Å². The Morgan fingerprint density at radius 1 is 0.857 bits per heavy atom. The van der Waals surface area contributed by atoms with E-state index in [2.05, 4.69) is 0 Å². The number of benzene rings is 4. The van der Waals surface area contributed by atoms with Gasteiger partial charge in [-0.1, -0.05) is 54.6 Å². The molecule has 5 heteroatoms. The third-order valence-corrected chi connectivity index (χ3v) is 6.57. The summed E-state index contributed by atoms with van der Waals surface area (Å²) in [4.78, 5) is 13.8. The number of aliphatic hydroxyl groups is 1. The first-order chi connectivity index (χ1) is 17.0. The van der Waals surface area contributed by atoms with Gasteiger partial charge in [0.25, 0.3) is 0 Å². The topological polar surface area (TPSA) is 60.8 Å². The van der Waals surface area contributed by atoms with E-state index in [1.165, 1.54) is 12.1 Å². The second-order valence-corrected chi connectivity index (χ2v) is 8.87. The van der Waals surface area contributed by atoms with Crippen molar-refractivity contribution in [2.45, 2.75) is 25.4 Å². The lowest BCUT2D eigenvalue weighted by Crippen LogP contribution is -2.43. The van der Waals surface area contributed by atoms with Crippen molar-refractivity contribution in [3.05, 3.63) is 108 Å². The van der Waals surface area contributed by atoms with Crippen molar-refractivity contribution in [1.29, 1.82) is 0 Å². The van der Waals surface area contributed by atoms with E-state index in [9.17, 15) is 19.4 Å². The van der Waals surface area contributed by atoms with Gasteiger partial charge in [0.2, 0.25) is 5.91 Å². The number of phenolic OH excluding ortho intramolecular Hbond substituents is 1. The lowest BCUT2D eigenvalue weighted by atomic mass is 9.92. The van der Waals surface area contributed by atoms with Crippen molar-refractivity contribution in [3.8, 4) is 28.0 Å². The molecule has 1 heterocycles. The van der Waals surface area contributed by atoms with Crippen LogP contribution in [-0.2, 0) is 11.2 Å². The predicted octanol–water partition coefficient (Wildman–Crippen LogP) is 6.27. The minimum Gasteiger partial charge on any atom is -0.508 e. The van der Waals surface area contributed by atoms with Crippen LogP contribution in [0.15, 0.2) is 91.0 Å². The number of hydrogen-bond acceptors (Lipinski definition) is 3. The zero-order chi connectivity index (χ0) is 24.4. The molecule has 1 amide bonds. The molecule has 4 aromatic rings. The van der Waals surface area contributed by atoms with E-state index in [0.717, 1.165) is 33.5 Å². The molecular formula is C30H26FNO3. The number of β-lactam (4-membered cyclic amide) rings is 1. The number of halogens is 1. The third-order valence-electron chi connectivity index (χ3n) is 6.57. The highest BCUT2D eigenvalue weighted by molar-refractivity contribution is 5.99. The summed E-state index contributed by atoms with van der Waals surface area (Å²) in [5.74, 6) is 0.0135. The number of phenols is 1. The summed E-state index contributed by atoms with van der Waals surface area (Å²) in [6.07, 6.45) is 0.915. The summed E-state index contributed by atoms with van der Waals surface area (Å²) in [5.41, 5.74) is 6.59. The summed E-state index contributed by atoms with van der Waals surface area (Å²) >= 11 is 0. The number of hydrogen-bond donors (Lipinski definition) is 2. The van der Waals surface area contributed by atoms with Gasteiger partial charge in [-0.25, -0.2) is 4.39 Å². The Hall–Kier alpha value is -3.96. The highest BCUT2D eigenvalue weighted by Crippen LogP contribution is 2.34. The van der Waals surface area contributed by atoms with E-state index >= 15 is 0 Å². The van der Waals surface area contributed by atoms with Gasteiger partial charge in [-0.05, 0) is 82.6 Å². The molecule has 176 valence electrons. The molecule has 1 atom stereocenters. The molecule has 4 nitrogen and oxygen atoms in total. The Kier molecular flexibility index (Phi) is 6.34. The van der Waals surface area contributed by atoms with E-state index in [0.29, 0.717) is 31.4 Å². The molecule has 1 aliphatic rings. The Labute approximate surface area is 203 Å². The molecule has 35 heavy (non-hydrogen) atoms. The third kappa shape index (κ3) is 4.96. The second kappa shape index (κ2) is 9.72. The van der Waals surface area contributed by atoms with Gasteiger partial charge in [0, 0.05) is 18.7 Å². The maximum atomic E-state index is 13.3. The van der Waals surface area contributed by atoms with Gasteiger partial charge >= 0.3 is 0 Å². The molecule has 5 rings (SSSR count). The zero-order valence-corrected chi connectivity index (χ0v) is 19.2. The van der Waals surface area contributed by atoms with Gasteiger partial charge in [-0.2, -0.15) is 0 Å². The minimum atomic E-state index is -0.717. The molecule has 0 aliphatic carbocycles. The maximum absolute atomic E-state index is 13.3. The highest BCUT2D eigenvalue weighted by atomic mass is 19.1. The van der Waals surface area contributed by atoms with Crippen LogP contribution >= 0.6 is 0 Å². The lowest BCUT2D eigenvalue weighted by Gasteiger charge is -2.31.